The van der Waals surface area contributed by atoms with Crippen molar-refractivity contribution in [1.82, 2.24) is 4.72 Å². The third-order valence-corrected chi connectivity index (χ3v) is 5.69. The molecule has 106 valence electrons. The number of hydrogen-bond acceptors (Lipinski definition) is 4. The van der Waals surface area contributed by atoms with Crippen molar-refractivity contribution >= 4 is 39.1 Å². The molecule has 0 amide bonds. The number of sulfonamides is 1. The summed E-state index contributed by atoms with van der Waals surface area (Å²) in [4.78, 5) is -0.490. The number of nitrogens with two attached hydrogens (primary N) is 1. The molecule has 0 atom stereocenters. The molecule has 0 bridgehead atoms. The van der Waals surface area contributed by atoms with Gasteiger partial charge in [0.1, 0.15) is 4.90 Å². The second-order valence-electron chi connectivity index (χ2n) is 4.32. The summed E-state index contributed by atoms with van der Waals surface area (Å²) in [5, 5.41) is -0.292. The molecule has 0 radical (unpaired) electrons. The smallest absolute Gasteiger partial charge is 0.243 e. The second-order valence-corrected chi connectivity index (χ2v) is 7.64. The van der Waals surface area contributed by atoms with Crippen LogP contribution in [-0.2, 0) is 10.0 Å². The van der Waals surface area contributed by atoms with Crippen molar-refractivity contribution in [2.24, 2.45) is 0 Å². The number of nitrogens with one attached hydrogen (secondary N) is 1. The lowest BCUT2D eigenvalue weighted by Gasteiger charge is -2.22. The molecule has 4 nitrogen and oxygen atoms in total. The summed E-state index contributed by atoms with van der Waals surface area (Å²) in [5.41, 5.74) is 5.63. The number of hydrogen-bond donors (Lipinski definition) is 2. The lowest BCUT2D eigenvalue weighted by Crippen LogP contribution is -2.37. The normalized spacial score (nSPS) is 17.6. The van der Waals surface area contributed by atoms with E-state index in [0.29, 0.717) is 0 Å². The van der Waals surface area contributed by atoms with Gasteiger partial charge in [-0.15, -0.1) is 0 Å². The van der Waals surface area contributed by atoms with E-state index in [9.17, 15) is 12.8 Å². The Kier molecular flexibility index (Phi) is 4.60. The van der Waals surface area contributed by atoms with E-state index in [1.165, 1.54) is 6.07 Å². The van der Waals surface area contributed by atoms with Crippen LogP contribution in [0.4, 0.5) is 10.1 Å². The summed E-state index contributed by atoms with van der Waals surface area (Å²) < 4.78 is 40.6. The van der Waals surface area contributed by atoms with Crippen LogP contribution in [0, 0.1) is 5.82 Å². The van der Waals surface area contributed by atoms with E-state index in [2.05, 4.69) is 4.72 Å². The van der Waals surface area contributed by atoms with Crippen LogP contribution in [0.15, 0.2) is 17.0 Å². The van der Waals surface area contributed by atoms with Gasteiger partial charge in [0.05, 0.1) is 5.02 Å². The Morgan fingerprint density at radius 2 is 2.00 bits per heavy atom. The molecular weight excluding hydrogens is 311 g/mol. The van der Waals surface area contributed by atoms with Gasteiger partial charge in [-0.05, 0) is 36.5 Å². The van der Waals surface area contributed by atoms with Crippen LogP contribution in [0.3, 0.4) is 0 Å². The molecule has 1 aromatic carbocycles. The number of rotatable bonds is 3. The predicted octanol–water partition coefficient (Wildman–Crippen LogP) is 2.24. The molecule has 0 aliphatic carbocycles. The minimum atomic E-state index is -3.93. The summed E-state index contributed by atoms with van der Waals surface area (Å²) in [7, 11) is -3.93. The first-order chi connectivity index (χ1) is 8.90. The van der Waals surface area contributed by atoms with Gasteiger partial charge in [0.2, 0.25) is 10.0 Å². The van der Waals surface area contributed by atoms with Crippen molar-refractivity contribution in [2.45, 2.75) is 23.8 Å². The van der Waals surface area contributed by atoms with Gasteiger partial charge in [0.15, 0.2) is 5.82 Å². The zero-order valence-electron chi connectivity index (χ0n) is 10.0. The third-order valence-electron chi connectivity index (χ3n) is 2.85. The van der Waals surface area contributed by atoms with Crippen LogP contribution in [0.25, 0.3) is 0 Å². The molecule has 1 aromatic rings. The molecule has 8 heteroatoms. The molecule has 0 saturated carbocycles. The fourth-order valence-electron chi connectivity index (χ4n) is 1.88. The third kappa shape index (κ3) is 3.53. The van der Waals surface area contributed by atoms with Gasteiger partial charge < -0.3 is 5.73 Å². The fraction of sp³-hybridized carbons (Fsp3) is 0.455. The molecule has 1 aliphatic heterocycles. The van der Waals surface area contributed by atoms with Crippen molar-refractivity contribution in [3.05, 3.63) is 23.0 Å². The zero-order valence-corrected chi connectivity index (χ0v) is 12.4. The highest BCUT2D eigenvalue weighted by atomic mass is 35.5. The number of thioether (sulfide) groups is 1. The van der Waals surface area contributed by atoms with E-state index < -0.39 is 20.7 Å². The summed E-state index contributed by atoms with van der Waals surface area (Å²) in [6.07, 6.45) is 1.48. The molecule has 1 aliphatic rings. The standard InChI is InChI=1S/C11H14ClFN2O2S2/c12-9-5-7(14)6-10(11(9)13)19(16,17)15-8-1-3-18-4-2-8/h5-6,8,15H,1-4,14H2. The highest BCUT2D eigenvalue weighted by molar-refractivity contribution is 7.99. The van der Waals surface area contributed by atoms with E-state index in [0.717, 1.165) is 30.4 Å². The second kappa shape index (κ2) is 5.87. The quantitative estimate of drug-likeness (QED) is 0.836. The average Bonchev–Trinajstić information content (AvgIpc) is 2.34. The largest absolute Gasteiger partial charge is 0.399 e. The molecule has 1 saturated heterocycles. The first-order valence-corrected chi connectivity index (χ1v) is 8.76. The lowest BCUT2D eigenvalue weighted by atomic mass is 10.2. The van der Waals surface area contributed by atoms with E-state index >= 15 is 0 Å². The van der Waals surface area contributed by atoms with Crippen LogP contribution < -0.4 is 10.5 Å². The summed E-state index contributed by atoms with van der Waals surface area (Å²) >= 11 is 7.40. The average molecular weight is 325 g/mol. The van der Waals surface area contributed by atoms with Crippen molar-refractivity contribution in [2.75, 3.05) is 17.2 Å². The van der Waals surface area contributed by atoms with Crippen molar-refractivity contribution < 1.29 is 12.8 Å². The SMILES string of the molecule is Nc1cc(Cl)c(F)c(S(=O)(=O)NC2CCSCC2)c1. The fourth-order valence-corrected chi connectivity index (χ4v) is 4.71. The summed E-state index contributed by atoms with van der Waals surface area (Å²) in [6, 6.07) is 2.11. The monoisotopic (exact) mass is 324 g/mol. The number of benzene rings is 1. The Morgan fingerprint density at radius 1 is 1.37 bits per heavy atom. The van der Waals surface area contributed by atoms with Crippen LogP contribution >= 0.6 is 23.4 Å². The number of halogens is 2. The van der Waals surface area contributed by atoms with E-state index in [-0.39, 0.29) is 16.8 Å². The Morgan fingerprint density at radius 3 is 2.63 bits per heavy atom. The molecule has 1 fully saturated rings. The Bertz CT molecular complexity index is 574. The summed E-state index contributed by atoms with van der Waals surface area (Å²) in [6.45, 7) is 0. The van der Waals surface area contributed by atoms with Gasteiger partial charge in [-0.3, -0.25) is 0 Å². The highest BCUT2D eigenvalue weighted by Crippen LogP contribution is 2.26. The summed E-state index contributed by atoms with van der Waals surface area (Å²) in [5.74, 6) is 0.828. The highest BCUT2D eigenvalue weighted by Gasteiger charge is 2.26. The van der Waals surface area contributed by atoms with Crippen LogP contribution in [-0.4, -0.2) is 26.0 Å². The van der Waals surface area contributed by atoms with Gasteiger partial charge in [-0.1, -0.05) is 11.6 Å². The van der Waals surface area contributed by atoms with Gasteiger partial charge >= 0.3 is 0 Å². The molecule has 0 aromatic heterocycles. The van der Waals surface area contributed by atoms with Gasteiger partial charge in [0.25, 0.3) is 0 Å². The molecular formula is C11H14ClFN2O2S2. The van der Waals surface area contributed by atoms with Gasteiger partial charge in [-0.25, -0.2) is 17.5 Å². The maximum atomic E-state index is 13.8. The molecule has 1 heterocycles. The van der Waals surface area contributed by atoms with Gasteiger partial charge in [-0.2, -0.15) is 11.8 Å². The van der Waals surface area contributed by atoms with E-state index in [1.807, 2.05) is 0 Å². The lowest BCUT2D eigenvalue weighted by molar-refractivity contribution is 0.519. The van der Waals surface area contributed by atoms with Gasteiger partial charge in [0, 0.05) is 11.7 Å². The zero-order chi connectivity index (χ0) is 14.0. The molecule has 0 unspecified atom stereocenters. The number of anilines is 1. The van der Waals surface area contributed by atoms with Crippen molar-refractivity contribution in [3.63, 3.8) is 0 Å². The Balaban J connectivity index is 2.28. The molecule has 3 N–H and O–H groups in total. The van der Waals surface area contributed by atoms with Crippen LogP contribution in [0.2, 0.25) is 5.02 Å². The topological polar surface area (TPSA) is 72.2 Å². The van der Waals surface area contributed by atoms with Crippen LogP contribution in [0.5, 0.6) is 0 Å². The first kappa shape index (κ1) is 14.9. The van der Waals surface area contributed by atoms with Crippen molar-refractivity contribution in [3.8, 4) is 0 Å². The Hall–Kier alpha value is -0.500. The van der Waals surface area contributed by atoms with Crippen molar-refractivity contribution in [1.29, 1.82) is 0 Å². The minimum absolute atomic E-state index is 0.117. The van der Waals surface area contributed by atoms with Crippen LogP contribution in [0.1, 0.15) is 12.8 Å². The maximum Gasteiger partial charge on any atom is 0.243 e. The van der Waals surface area contributed by atoms with E-state index in [4.69, 9.17) is 17.3 Å². The molecule has 2 rings (SSSR count). The molecule has 19 heavy (non-hydrogen) atoms. The number of nitrogen functional groups attached to an aromatic ring is 1. The predicted molar refractivity (Wildman–Crippen MR) is 76.5 cm³/mol. The first-order valence-electron chi connectivity index (χ1n) is 5.75. The molecule has 0 spiro atoms. The van der Waals surface area contributed by atoms with E-state index in [1.54, 1.807) is 11.8 Å². The minimum Gasteiger partial charge on any atom is -0.399 e. The maximum absolute atomic E-state index is 13.8. The Labute approximate surface area is 120 Å².